The Morgan fingerprint density at radius 3 is 2.66 bits per heavy atom. The number of alkyl halides is 3. The Balaban J connectivity index is 1.37. The fraction of sp³-hybridized carbons (Fsp3) is 0.333. The van der Waals surface area contributed by atoms with E-state index >= 15 is 0 Å². The molecule has 8 nitrogen and oxygen atoms in total. The number of piperazine rings is 1. The fourth-order valence-electron chi connectivity index (χ4n) is 3.62. The van der Waals surface area contributed by atoms with E-state index in [4.69, 9.17) is 4.11 Å². The molecule has 1 aliphatic rings. The van der Waals surface area contributed by atoms with Gasteiger partial charge in [0.1, 0.15) is 5.69 Å². The third-order valence-corrected chi connectivity index (χ3v) is 5.26. The van der Waals surface area contributed by atoms with Crippen molar-refractivity contribution in [2.45, 2.75) is 12.7 Å². The van der Waals surface area contributed by atoms with E-state index in [2.05, 4.69) is 24.8 Å². The van der Waals surface area contributed by atoms with Gasteiger partial charge in [-0.05, 0) is 29.8 Å². The highest BCUT2D eigenvalue weighted by Crippen LogP contribution is 2.26. The van der Waals surface area contributed by atoms with Gasteiger partial charge in [0.05, 0.1) is 22.9 Å². The molecule has 4 rings (SSSR count). The van der Waals surface area contributed by atoms with Crippen molar-refractivity contribution in [3.63, 3.8) is 0 Å². The molecule has 0 spiro atoms. The molecule has 1 aromatic carbocycles. The maximum atomic E-state index is 12.9. The van der Waals surface area contributed by atoms with Gasteiger partial charge in [-0.15, -0.1) is 0 Å². The Morgan fingerprint density at radius 2 is 2.00 bits per heavy atom. The highest BCUT2D eigenvalue weighted by atomic mass is 19.4. The van der Waals surface area contributed by atoms with Crippen molar-refractivity contribution in [1.29, 1.82) is 0 Å². The summed E-state index contributed by atoms with van der Waals surface area (Å²) in [5.74, 6) is -0.775. The van der Waals surface area contributed by atoms with Gasteiger partial charge >= 0.3 is 6.18 Å². The summed E-state index contributed by atoms with van der Waals surface area (Å²) in [6.45, 7) is 0.685. The van der Waals surface area contributed by atoms with Crippen molar-refractivity contribution in [3.05, 3.63) is 63.8 Å². The van der Waals surface area contributed by atoms with E-state index in [0.29, 0.717) is 32.7 Å². The number of pyridine rings is 1. The van der Waals surface area contributed by atoms with Crippen LogP contribution in [-0.4, -0.2) is 58.9 Å². The van der Waals surface area contributed by atoms with Crippen LogP contribution in [0.1, 0.15) is 25.9 Å². The summed E-state index contributed by atoms with van der Waals surface area (Å²) in [6.07, 6.45) is -3.30. The number of aromatic amines is 1. The third kappa shape index (κ3) is 4.57. The molecule has 0 saturated carbocycles. The summed E-state index contributed by atoms with van der Waals surface area (Å²) in [4.78, 5) is 37.7. The van der Waals surface area contributed by atoms with E-state index < -0.39 is 30.3 Å². The molecule has 2 N–H and O–H groups in total. The van der Waals surface area contributed by atoms with Crippen molar-refractivity contribution < 1.29 is 22.1 Å². The van der Waals surface area contributed by atoms with Crippen LogP contribution in [0.2, 0.25) is 0 Å². The van der Waals surface area contributed by atoms with Crippen LogP contribution in [0.25, 0.3) is 11.0 Å². The molecule has 1 saturated heterocycles. The predicted octanol–water partition coefficient (Wildman–Crippen LogP) is 2.02. The standard InChI is InChI=1S/C21H21F3N6O2/c1-25-19(31)16-5-3-14(11-26-16)30-8-6-29(7-9-30)12-13-2-4-15-17(10-13)28-20(32)18(27-15)21(22,23)24/h2-5,10-11H,6-9,12H2,1H3,(H,25,31)(H,28,32)/i1D3. The summed E-state index contributed by atoms with van der Waals surface area (Å²) in [6, 6.07) is 7.95. The number of halogens is 3. The molecule has 0 bridgehead atoms. The van der Waals surface area contributed by atoms with Crippen LogP contribution in [0, 0.1) is 0 Å². The van der Waals surface area contributed by atoms with Crippen LogP contribution < -0.4 is 15.8 Å². The maximum absolute atomic E-state index is 12.9. The molecule has 0 atom stereocenters. The first kappa shape index (κ1) is 18.1. The smallest absolute Gasteiger partial charge is 0.368 e. The van der Waals surface area contributed by atoms with E-state index in [0.717, 1.165) is 11.3 Å². The zero-order chi connectivity index (χ0) is 25.4. The van der Waals surface area contributed by atoms with E-state index in [1.165, 1.54) is 18.3 Å². The molecule has 0 aliphatic carbocycles. The number of aromatic nitrogens is 3. The zero-order valence-corrected chi connectivity index (χ0v) is 16.7. The number of benzene rings is 1. The molecule has 11 heteroatoms. The number of nitrogens with one attached hydrogen (secondary N) is 2. The van der Waals surface area contributed by atoms with Gasteiger partial charge in [-0.3, -0.25) is 14.5 Å². The normalized spacial score (nSPS) is 17.0. The molecule has 1 fully saturated rings. The van der Waals surface area contributed by atoms with Gasteiger partial charge in [-0.25, -0.2) is 9.97 Å². The van der Waals surface area contributed by atoms with Crippen molar-refractivity contribution in [1.82, 2.24) is 25.2 Å². The molecule has 1 amide bonds. The van der Waals surface area contributed by atoms with Crippen molar-refractivity contribution in [2.75, 3.05) is 38.1 Å². The number of fused-ring (bicyclic) bond motifs is 1. The number of rotatable bonds is 4. The lowest BCUT2D eigenvalue weighted by molar-refractivity contribution is -0.142. The van der Waals surface area contributed by atoms with Crippen LogP contribution >= 0.6 is 0 Å². The summed E-state index contributed by atoms with van der Waals surface area (Å²) >= 11 is 0. The molecule has 0 radical (unpaired) electrons. The highest BCUT2D eigenvalue weighted by molar-refractivity contribution is 5.92. The first-order valence-electron chi connectivity index (χ1n) is 11.2. The lowest BCUT2D eigenvalue weighted by Gasteiger charge is -2.36. The third-order valence-electron chi connectivity index (χ3n) is 5.26. The number of carbonyl (C=O) groups is 1. The van der Waals surface area contributed by atoms with Crippen LogP contribution in [0.4, 0.5) is 18.9 Å². The fourth-order valence-corrected chi connectivity index (χ4v) is 3.62. The number of nitrogens with zero attached hydrogens (tertiary/aromatic N) is 4. The molecule has 32 heavy (non-hydrogen) atoms. The van der Waals surface area contributed by atoms with E-state index in [1.807, 2.05) is 5.32 Å². The minimum Gasteiger partial charge on any atom is -0.368 e. The Kier molecular flexibility index (Phi) is 4.86. The van der Waals surface area contributed by atoms with Gasteiger partial charge in [0.2, 0.25) is 5.69 Å². The van der Waals surface area contributed by atoms with Crippen molar-refractivity contribution >= 4 is 22.6 Å². The monoisotopic (exact) mass is 449 g/mol. The summed E-state index contributed by atoms with van der Waals surface area (Å²) in [5.41, 5.74) is -0.795. The topological polar surface area (TPSA) is 94.2 Å². The van der Waals surface area contributed by atoms with Crippen LogP contribution in [0.15, 0.2) is 41.3 Å². The molecule has 168 valence electrons. The quantitative estimate of drug-likeness (QED) is 0.633. The van der Waals surface area contributed by atoms with Gasteiger partial charge < -0.3 is 15.2 Å². The number of anilines is 1. The van der Waals surface area contributed by atoms with Gasteiger partial charge in [0.15, 0.2) is 0 Å². The predicted molar refractivity (Wildman–Crippen MR) is 112 cm³/mol. The maximum Gasteiger partial charge on any atom is 0.438 e. The van der Waals surface area contributed by atoms with Gasteiger partial charge in [-0.1, -0.05) is 6.07 Å². The molecule has 3 aromatic rings. The molecule has 3 heterocycles. The largest absolute Gasteiger partial charge is 0.438 e. The number of amides is 1. The first-order valence-corrected chi connectivity index (χ1v) is 9.75. The van der Waals surface area contributed by atoms with E-state index in [1.54, 1.807) is 18.2 Å². The number of hydrogen-bond acceptors (Lipinski definition) is 6. The lowest BCUT2D eigenvalue weighted by atomic mass is 10.1. The molecule has 2 aromatic heterocycles. The van der Waals surface area contributed by atoms with Crippen LogP contribution in [-0.2, 0) is 12.7 Å². The Morgan fingerprint density at radius 1 is 1.22 bits per heavy atom. The minimum atomic E-state index is -4.82. The molecule has 0 unspecified atom stereocenters. The minimum absolute atomic E-state index is 0.00898. The zero-order valence-electron chi connectivity index (χ0n) is 19.7. The summed E-state index contributed by atoms with van der Waals surface area (Å²) in [5, 5.41) is 1.89. The van der Waals surface area contributed by atoms with E-state index in [-0.39, 0.29) is 16.7 Å². The SMILES string of the molecule is [2H]C([2H])([2H])NC(=O)c1ccc(N2CCN(Cc3ccc4nc(C(F)(F)F)c(=O)[nH]c4c3)CC2)cn1. The van der Waals surface area contributed by atoms with Gasteiger partial charge in [0.25, 0.3) is 11.5 Å². The van der Waals surface area contributed by atoms with Gasteiger partial charge in [0, 0.05) is 43.8 Å². The van der Waals surface area contributed by atoms with Crippen LogP contribution in [0.3, 0.4) is 0 Å². The number of H-pyrrole nitrogens is 1. The second kappa shape index (κ2) is 8.58. The number of carbonyl (C=O) groups excluding carboxylic acids is 1. The van der Waals surface area contributed by atoms with Crippen molar-refractivity contribution in [3.8, 4) is 0 Å². The Bertz CT molecular complexity index is 1290. The average molecular weight is 449 g/mol. The second-order valence-electron chi connectivity index (χ2n) is 7.38. The number of hydrogen-bond donors (Lipinski definition) is 2. The Labute approximate surface area is 185 Å². The van der Waals surface area contributed by atoms with E-state index in [9.17, 15) is 22.8 Å². The van der Waals surface area contributed by atoms with Crippen LogP contribution in [0.5, 0.6) is 0 Å². The molecule has 1 aliphatic heterocycles. The highest BCUT2D eigenvalue weighted by Gasteiger charge is 2.36. The lowest BCUT2D eigenvalue weighted by Crippen LogP contribution is -2.46. The second-order valence-corrected chi connectivity index (χ2v) is 7.38. The first-order chi connectivity index (χ1) is 16.4. The summed E-state index contributed by atoms with van der Waals surface area (Å²) < 4.78 is 60.0. The van der Waals surface area contributed by atoms with Gasteiger partial charge in [-0.2, -0.15) is 13.2 Å². The molecular formula is C21H21F3N6O2. The summed E-state index contributed by atoms with van der Waals surface area (Å²) in [7, 11) is 0. The Hall–Kier alpha value is -3.47. The molecular weight excluding hydrogens is 425 g/mol. The average Bonchev–Trinajstić information content (AvgIpc) is 2.77. The van der Waals surface area contributed by atoms with Crippen molar-refractivity contribution in [2.24, 2.45) is 0 Å².